The van der Waals surface area contributed by atoms with Crippen molar-refractivity contribution in [3.63, 3.8) is 0 Å². The Hall–Kier alpha value is -0.190. The van der Waals surface area contributed by atoms with E-state index >= 15 is 0 Å². The molecule has 10 heteroatoms. The molecule has 2 rings (SSSR count). The van der Waals surface area contributed by atoms with E-state index in [1.807, 2.05) is 0 Å². The Morgan fingerprint density at radius 2 is 2.21 bits per heavy atom. The molecule has 1 aromatic heterocycles. The van der Waals surface area contributed by atoms with Crippen LogP contribution in [-0.2, 0) is 4.74 Å². The van der Waals surface area contributed by atoms with Crippen LogP contribution in [0.4, 0.5) is 5.82 Å². The average Bonchev–Trinajstić information content (AvgIpc) is 2.61. The van der Waals surface area contributed by atoms with E-state index < -0.39 is 29.0 Å². The molecule has 1 aromatic rings. The number of aromatic nitrogens is 2. The number of aliphatic hydroxyl groups excluding tert-OH is 2. The van der Waals surface area contributed by atoms with Gasteiger partial charge in [0.05, 0.1) is 22.0 Å². The molecule has 2 heterocycles. The lowest BCUT2D eigenvalue weighted by atomic mass is 10.2. The molecule has 0 bridgehead atoms. The number of ether oxygens (including phenoxy) is 1. The molecule has 4 N–H and O–H groups in total. The highest BCUT2D eigenvalue weighted by Gasteiger charge is 2.43. The Bertz CT molecular complexity index is 515. The van der Waals surface area contributed by atoms with E-state index in [9.17, 15) is 9.90 Å². The van der Waals surface area contributed by atoms with Crippen LogP contribution in [0.2, 0.25) is 0 Å². The van der Waals surface area contributed by atoms with Gasteiger partial charge in [0.2, 0.25) is 0 Å². The number of alkyl halides is 1. The first-order chi connectivity index (χ1) is 8.45. The summed E-state index contributed by atoms with van der Waals surface area (Å²) in [6, 6.07) is 0. The van der Waals surface area contributed by atoms with Crippen LogP contribution in [0.1, 0.15) is 6.23 Å². The van der Waals surface area contributed by atoms with Crippen LogP contribution in [-0.4, -0.2) is 43.4 Å². The molecule has 0 spiro atoms. The first-order valence-corrected chi connectivity index (χ1v) is 6.79. The Morgan fingerprint density at radius 3 is 2.74 bits per heavy atom. The van der Waals surface area contributed by atoms with Crippen LogP contribution >= 0.6 is 44.3 Å². The zero-order valence-electron chi connectivity index (χ0n) is 9.44. The van der Waals surface area contributed by atoms with E-state index in [0.29, 0.717) is 4.47 Å². The summed E-state index contributed by atoms with van der Waals surface area (Å²) in [6.07, 6.45) is -0.976. The SMILES string of the molecule is Cl.Nc1nc(=O)n([C@@H]2O[C@H](CO)[C@@H](O)[C@@H]2Br)cc1Br. The predicted molar refractivity (Wildman–Crippen MR) is 77.6 cm³/mol. The molecule has 0 aromatic carbocycles. The van der Waals surface area contributed by atoms with Crippen LogP contribution in [0.25, 0.3) is 0 Å². The molecule has 7 nitrogen and oxygen atoms in total. The average molecular weight is 421 g/mol. The molecule has 1 fully saturated rings. The van der Waals surface area contributed by atoms with Crippen molar-refractivity contribution in [2.45, 2.75) is 23.3 Å². The number of anilines is 1. The zero-order valence-corrected chi connectivity index (χ0v) is 13.4. The second-order valence-electron chi connectivity index (χ2n) is 3.85. The second-order valence-corrected chi connectivity index (χ2v) is 5.76. The standard InChI is InChI=1S/C9H11Br2N3O4.ClH/c10-3-1-14(9(17)13-7(3)12)8-5(11)6(16)4(2-15)18-8;/h1,4-6,8,15-16H,2H2,(H2,12,13,17);1H/t4-,5+,6-,8-;/m1./s1. The third-order valence-electron chi connectivity index (χ3n) is 2.68. The van der Waals surface area contributed by atoms with Crippen molar-refractivity contribution < 1.29 is 14.9 Å². The molecule has 19 heavy (non-hydrogen) atoms. The predicted octanol–water partition coefficient (Wildman–Crippen LogP) is 0.0239. The Morgan fingerprint density at radius 1 is 1.58 bits per heavy atom. The van der Waals surface area contributed by atoms with Gasteiger partial charge in [0.1, 0.15) is 11.9 Å². The summed E-state index contributed by atoms with van der Waals surface area (Å²) in [6.45, 7) is -0.335. The first-order valence-electron chi connectivity index (χ1n) is 5.08. The number of aliphatic hydroxyl groups is 2. The first kappa shape index (κ1) is 16.9. The van der Waals surface area contributed by atoms with Gasteiger partial charge < -0.3 is 20.7 Å². The van der Waals surface area contributed by atoms with E-state index in [4.69, 9.17) is 15.6 Å². The van der Waals surface area contributed by atoms with Crippen molar-refractivity contribution >= 4 is 50.1 Å². The number of nitrogens with zero attached hydrogens (tertiary/aromatic N) is 2. The topological polar surface area (TPSA) is 111 Å². The van der Waals surface area contributed by atoms with Gasteiger partial charge in [0.25, 0.3) is 0 Å². The van der Waals surface area contributed by atoms with Gasteiger partial charge in [0.15, 0.2) is 6.23 Å². The van der Waals surface area contributed by atoms with Crippen molar-refractivity contribution in [2.75, 3.05) is 12.3 Å². The van der Waals surface area contributed by atoms with Crippen LogP contribution in [0.3, 0.4) is 0 Å². The van der Waals surface area contributed by atoms with E-state index in [2.05, 4.69) is 36.8 Å². The lowest BCUT2D eigenvalue weighted by Gasteiger charge is -2.17. The van der Waals surface area contributed by atoms with Crippen molar-refractivity contribution in [3.05, 3.63) is 21.2 Å². The minimum absolute atomic E-state index is 0. The minimum Gasteiger partial charge on any atom is -0.394 e. The van der Waals surface area contributed by atoms with Crippen molar-refractivity contribution in [2.24, 2.45) is 0 Å². The van der Waals surface area contributed by atoms with E-state index in [1.165, 1.54) is 10.8 Å². The van der Waals surface area contributed by atoms with Gasteiger partial charge in [-0.05, 0) is 15.9 Å². The molecule has 1 aliphatic heterocycles. The van der Waals surface area contributed by atoms with Gasteiger partial charge in [-0.25, -0.2) is 4.79 Å². The molecule has 0 aliphatic carbocycles. The number of nitrogens with two attached hydrogens (primary N) is 1. The third kappa shape index (κ3) is 3.11. The second kappa shape index (κ2) is 6.51. The van der Waals surface area contributed by atoms with Crippen LogP contribution in [0.5, 0.6) is 0 Å². The molecular weight excluding hydrogens is 409 g/mol. The smallest absolute Gasteiger partial charge is 0.351 e. The van der Waals surface area contributed by atoms with Gasteiger partial charge in [-0.1, -0.05) is 15.9 Å². The van der Waals surface area contributed by atoms with E-state index in [-0.39, 0.29) is 24.8 Å². The fourth-order valence-corrected chi connectivity index (χ4v) is 2.75. The lowest BCUT2D eigenvalue weighted by Crippen LogP contribution is -2.32. The largest absolute Gasteiger partial charge is 0.394 e. The van der Waals surface area contributed by atoms with Crippen LogP contribution < -0.4 is 11.4 Å². The summed E-state index contributed by atoms with van der Waals surface area (Å²) in [7, 11) is 0. The highest BCUT2D eigenvalue weighted by atomic mass is 79.9. The van der Waals surface area contributed by atoms with Gasteiger partial charge in [-0.15, -0.1) is 12.4 Å². The number of nitrogen functional groups attached to an aromatic ring is 1. The van der Waals surface area contributed by atoms with Gasteiger partial charge in [0, 0.05) is 6.20 Å². The Kier molecular flexibility index (Phi) is 5.78. The molecule has 1 saturated heterocycles. The quantitative estimate of drug-likeness (QED) is 0.581. The van der Waals surface area contributed by atoms with Gasteiger partial charge in [-0.2, -0.15) is 4.98 Å². The van der Waals surface area contributed by atoms with Gasteiger partial charge in [-0.3, -0.25) is 4.57 Å². The molecule has 4 atom stereocenters. The van der Waals surface area contributed by atoms with Crippen LogP contribution in [0, 0.1) is 0 Å². The Balaban J connectivity index is 0.00000180. The summed E-state index contributed by atoms with van der Waals surface area (Å²) < 4.78 is 7.07. The highest BCUT2D eigenvalue weighted by molar-refractivity contribution is 9.10. The number of rotatable bonds is 2. The van der Waals surface area contributed by atoms with Gasteiger partial charge >= 0.3 is 5.69 Å². The van der Waals surface area contributed by atoms with Crippen LogP contribution in [0.15, 0.2) is 15.5 Å². The molecule has 0 radical (unpaired) electrons. The summed E-state index contributed by atoms with van der Waals surface area (Å²) >= 11 is 6.41. The number of hydrogen-bond acceptors (Lipinski definition) is 6. The maximum absolute atomic E-state index is 11.7. The molecule has 108 valence electrons. The molecular formula is C9H12Br2ClN3O4. The summed E-state index contributed by atoms with van der Waals surface area (Å²) in [5.41, 5.74) is 4.90. The number of hydrogen-bond donors (Lipinski definition) is 3. The summed E-state index contributed by atoms with van der Waals surface area (Å²) in [5, 5.41) is 18.8. The molecule has 0 amide bonds. The highest BCUT2D eigenvalue weighted by Crippen LogP contribution is 2.34. The number of halogens is 3. The van der Waals surface area contributed by atoms with Crippen molar-refractivity contribution in [1.82, 2.24) is 9.55 Å². The summed E-state index contributed by atoms with van der Waals surface area (Å²) in [5.74, 6) is 0.0830. The van der Waals surface area contributed by atoms with Crippen molar-refractivity contribution in [1.29, 1.82) is 0 Å². The van der Waals surface area contributed by atoms with Crippen molar-refractivity contribution in [3.8, 4) is 0 Å². The molecule has 0 unspecified atom stereocenters. The zero-order chi connectivity index (χ0) is 13.4. The summed E-state index contributed by atoms with van der Waals surface area (Å²) in [4.78, 5) is 14.8. The lowest BCUT2D eigenvalue weighted by molar-refractivity contribution is -0.0456. The maximum Gasteiger partial charge on any atom is 0.351 e. The maximum atomic E-state index is 11.7. The minimum atomic E-state index is -0.914. The fourth-order valence-electron chi connectivity index (χ4n) is 1.72. The third-order valence-corrected chi connectivity index (χ3v) is 4.29. The molecule has 0 saturated carbocycles. The normalized spacial score (nSPS) is 30.1. The van der Waals surface area contributed by atoms with E-state index in [1.54, 1.807) is 0 Å². The molecule has 1 aliphatic rings. The monoisotopic (exact) mass is 419 g/mol. The van der Waals surface area contributed by atoms with E-state index in [0.717, 1.165) is 0 Å². The Labute approximate surface area is 131 Å². The fraction of sp³-hybridized carbons (Fsp3) is 0.556.